The lowest BCUT2D eigenvalue weighted by Crippen LogP contribution is -3.09. The third-order valence-corrected chi connectivity index (χ3v) is 6.55. The molecule has 1 N–H and O–H groups in total. The molecule has 0 radical (unpaired) electrons. The molecule has 0 saturated heterocycles. The number of ether oxygens (including phenoxy) is 4. The van der Waals surface area contributed by atoms with Crippen molar-refractivity contribution in [2.45, 2.75) is 38.5 Å². The summed E-state index contributed by atoms with van der Waals surface area (Å²) in [5.74, 6) is 3.02. The molecule has 2 rings (SSSR count). The maximum absolute atomic E-state index is 10.2. The maximum Gasteiger partial charge on any atom is 0.161 e. The minimum absolute atomic E-state index is 0.174. The van der Waals surface area contributed by atoms with Gasteiger partial charge < -0.3 is 23.8 Å². The van der Waals surface area contributed by atoms with Gasteiger partial charge in [-0.1, -0.05) is 26.0 Å². The lowest BCUT2D eigenvalue weighted by atomic mass is 9.69. The zero-order chi connectivity index (χ0) is 24.4. The van der Waals surface area contributed by atoms with Gasteiger partial charge in [-0.3, -0.25) is 0 Å². The van der Waals surface area contributed by atoms with Crippen molar-refractivity contribution in [3.8, 4) is 29.1 Å². The third-order valence-electron chi connectivity index (χ3n) is 6.55. The summed E-state index contributed by atoms with van der Waals surface area (Å²) in [7, 11) is 8.77. The van der Waals surface area contributed by atoms with Gasteiger partial charge in [-0.15, -0.1) is 0 Å². The van der Waals surface area contributed by atoms with Crippen LogP contribution in [0.15, 0.2) is 36.4 Å². The first-order valence-corrected chi connectivity index (χ1v) is 11.5. The molecule has 0 aliphatic rings. The Labute approximate surface area is 199 Å². The number of nitrogens with one attached hydrogen (secondary N) is 1. The van der Waals surface area contributed by atoms with Gasteiger partial charge in [0.15, 0.2) is 23.0 Å². The van der Waals surface area contributed by atoms with Crippen molar-refractivity contribution in [2.75, 3.05) is 48.6 Å². The van der Waals surface area contributed by atoms with Gasteiger partial charge in [-0.05, 0) is 54.2 Å². The highest BCUT2D eigenvalue weighted by Gasteiger charge is 2.36. The van der Waals surface area contributed by atoms with Crippen LogP contribution < -0.4 is 23.8 Å². The van der Waals surface area contributed by atoms with Gasteiger partial charge in [-0.2, -0.15) is 5.26 Å². The third kappa shape index (κ3) is 6.33. The Morgan fingerprint density at radius 1 is 0.848 bits per heavy atom. The molecule has 6 heteroatoms. The Kier molecular flexibility index (Phi) is 9.87. The molecule has 6 nitrogen and oxygen atoms in total. The van der Waals surface area contributed by atoms with Crippen LogP contribution in [0.4, 0.5) is 0 Å². The van der Waals surface area contributed by atoms with Crippen LogP contribution in [0.25, 0.3) is 0 Å². The summed E-state index contributed by atoms with van der Waals surface area (Å²) in [6.07, 6.45) is 2.71. The normalized spacial score (nSPS) is 13.7. The van der Waals surface area contributed by atoms with E-state index >= 15 is 0 Å². The number of nitrogens with zero attached hydrogens (tertiary/aromatic N) is 1. The van der Waals surface area contributed by atoms with E-state index in [-0.39, 0.29) is 5.92 Å². The predicted molar refractivity (Wildman–Crippen MR) is 131 cm³/mol. The highest BCUT2D eigenvalue weighted by atomic mass is 16.5. The van der Waals surface area contributed by atoms with Crippen LogP contribution in [0.5, 0.6) is 23.0 Å². The number of likely N-dealkylation sites (N-methyl/N-ethyl adjacent to an activating group) is 1. The Hall–Kier alpha value is -2.91. The average molecular weight is 456 g/mol. The molecule has 0 aliphatic heterocycles. The summed E-state index contributed by atoms with van der Waals surface area (Å²) in [6, 6.07) is 14.6. The topological polar surface area (TPSA) is 65.2 Å². The van der Waals surface area contributed by atoms with Gasteiger partial charge in [0, 0.05) is 6.42 Å². The molecule has 0 aromatic heterocycles. The van der Waals surface area contributed by atoms with Crippen molar-refractivity contribution >= 4 is 0 Å². The molecule has 33 heavy (non-hydrogen) atoms. The highest BCUT2D eigenvalue weighted by molar-refractivity contribution is 5.47. The van der Waals surface area contributed by atoms with E-state index in [9.17, 15) is 5.26 Å². The predicted octanol–water partition coefficient (Wildman–Crippen LogP) is 3.68. The zero-order valence-corrected chi connectivity index (χ0v) is 21.2. The van der Waals surface area contributed by atoms with Crippen molar-refractivity contribution in [3.05, 3.63) is 47.5 Å². The maximum atomic E-state index is 10.2. The first-order valence-electron chi connectivity index (χ1n) is 11.5. The lowest BCUT2D eigenvalue weighted by Gasteiger charge is -2.32. The van der Waals surface area contributed by atoms with Crippen LogP contribution in [-0.2, 0) is 11.8 Å². The van der Waals surface area contributed by atoms with Crippen molar-refractivity contribution < 1.29 is 23.8 Å². The summed E-state index contributed by atoms with van der Waals surface area (Å²) < 4.78 is 21.6. The number of hydrogen-bond donors (Lipinski definition) is 1. The number of benzene rings is 2. The van der Waals surface area contributed by atoms with E-state index in [1.807, 2.05) is 30.3 Å². The number of hydrogen-bond acceptors (Lipinski definition) is 5. The van der Waals surface area contributed by atoms with E-state index in [2.05, 4.69) is 33.0 Å². The standard InChI is InChI=1S/C27H38N2O4/c1-20(2)27(19-28,22-10-12-24(31-5)26(18-22)33-7)14-8-15-29(3)16-13-21-9-11-23(30-4)25(17-21)32-6/h9-12,17-18,20H,8,13-16H2,1-7H3/p+1/t27-/m1/s1. The van der Waals surface area contributed by atoms with Gasteiger partial charge >= 0.3 is 0 Å². The van der Waals surface area contributed by atoms with Crippen molar-refractivity contribution in [1.29, 1.82) is 5.26 Å². The van der Waals surface area contributed by atoms with Crippen molar-refractivity contribution in [1.82, 2.24) is 0 Å². The molecular formula is C27H39N2O4+. The fourth-order valence-corrected chi connectivity index (χ4v) is 4.32. The first kappa shape index (κ1) is 26.3. The second kappa shape index (κ2) is 12.4. The van der Waals surface area contributed by atoms with Gasteiger partial charge in [0.25, 0.3) is 0 Å². The average Bonchev–Trinajstić information content (AvgIpc) is 2.84. The van der Waals surface area contributed by atoms with E-state index in [0.717, 1.165) is 49.4 Å². The Morgan fingerprint density at radius 2 is 1.42 bits per heavy atom. The summed E-state index contributed by atoms with van der Waals surface area (Å²) in [5.41, 5.74) is 1.65. The Morgan fingerprint density at radius 3 is 1.97 bits per heavy atom. The van der Waals surface area contributed by atoms with E-state index in [4.69, 9.17) is 18.9 Å². The lowest BCUT2D eigenvalue weighted by molar-refractivity contribution is -0.879. The van der Waals surface area contributed by atoms with Gasteiger partial charge in [0.2, 0.25) is 0 Å². The van der Waals surface area contributed by atoms with E-state index in [0.29, 0.717) is 11.5 Å². The molecule has 0 bridgehead atoms. The van der Waals surface area contributed by atoms with E-state index in [1.54, 1.807) is 28.4 Å². The SMILES string of the molecule is COc1ccc(CC[NH+](C)CCC[C@](C#N)(c2ccc(OC)c(OC)c2)C(C)C)cc1OC. The van der Waals surface area contributed by atoms with Crippen molar-refractivity contribution in [2.24, 2.45) is 5.92 Å². The number of methoxy groups -OCH3 is 4. The van der Waals surface area contributed by atoms with Gasteiger partial charge in [0.1, 0.15) is 0 Å². The summed E-state index contributed by atoms with van der Waals surface area (Å²) >= 11 is 0. The second-order valence-electron chi connectivity index (χ2n) is 8.81. The van der Waals surface area contributed by atoms with Crippen molar-refractivity contribution in [3.63, 3.8) is 0 Å². The molecule has 1 unspecified atom stereocenters. The minimum Gasteiger partial charge on any atom is -0.493 e. The summed E-state index contributed by atoms with van der Waals surface area (Å²) in [4.78, 5) is 1.44. The fraction of sp³-hybridized carbons (Fsp3) is 0.519. The fourth-order valence-electron chi connectivity index (χ4n) is 4.32. The molecule has 0 aliphatic carbocycles. The number of rotatable bonds is 13. The highest BCUT2D eigenvalue weighted by Crippen LogP contribution is 2.40. The van der Waals surface area contributed by atoms with Crippen LogP contribution in [-0.4, -0.2) is 48.6 Å². The molecule has 0 fully saturated rings. The monoisotopic (exact) mass is 455 g/mol. The Balaban J connectivity index is 2.02. The van der Waals surface area contributed by atoms with E-state index in [1.165, 1.54) is 10.5 Å². The molecule has 0 amide bonds. The van der Waals surface area contributed by atoms with Crippen LogP contribution in [0, 0.1) is 17.2 Å². The molecule has 2 aromatic rings. The molecule has 2 atom stereocenters. The minimum atomic E-state index is -0.566. The number of quaternary nitrogens is 1. The van der Waals surface area contributed by atoms with Crippen LogP contribution in [0.1, 0.15) is 37.8 Å². The molecule has 0 heterocycles. The summed E-state index contributed by atoms with van der Waals surface area (Å²) in [6.45, 7) is 6.24. The van der Waals surface area contributed by atoms with Crippen LogP contribution in [0.3, 0.4) is 0 Å². The smallest absolute Gasteiger partial charge is 0.161 e. The Bertz CT molecular complexity index is 938. The number of nitriles is 1. The summed E-state index contributed by atoms with van der Waals surface area (Å²) in [5, 5.41) is 10.2. The molecule has 0 spiro atoms. The molecule has 2 aromatic carbocycles. The molecular weight excluding hydrogens is 416 g/mol. The zero-order valence-electron chi connectivity index (χ0n) is 21.2. The largest absolute Gasteiger partial charge is 0.493 e. The van der Waals surface area contributed by atoms with Gasteiger partial charge in [0.05, 0.1) is 60.1 Å². The van der Waals surface area contributed by atoms with Gasteiger partial charge in [-0.25, -0.2) is 0 Å². The quantitative estimate of drug-likeness (QED) is 0.499. The second-order valence-corrected chi connectivity index (χ2v) is 8.81. The van der Waals surface area contributed by atoms with E-state index < -0.39 is 5.41 Å². The van der Waals surface area contributed by atoms with Crippen LogP contribution in [0.2, 0.25) is 0 Å². The molecule has 0 saturated carbocycles. The molecule has 180 valence electrons. The first-order chi connectivity index (χ1) is 15.8. The van der Waals surface area contributed by atoms with Crippen LogP contribution >= 0.6 is 0 Å².